The van der Waals surface area contributed by atoms with E-state index in [4.69, 9.17) is 15.2 Å². The van der Waals surface area contributed by atoms with Crippen molar-refractivity contribution in [2.24, 2.45) is 0 Å². The highest BCUT2D eigenvalue weighted by molar-refractivity contribution is 9.10. The average molecular weight is 368 g/mol. The number of halogens is 1. The van der Waals surface area contributed by atoms with Gasteiger partial charge in [-0.1, -0.05) is 0 Å². The largest absolute Gasteiger partial charge is 0.494 e. The SMILES string of the molecule is CCOc1ccc(OCCSc2ccc(N)cc2Br)cc1. The third kappa shape index (κ3) is 5.17. The number of hydrogen-bond acceptors (Lipinski definition) is 4. The van der Waals surface area contributed by atoms with Gasteiger partial charge in [-0.05, 0) is 65.3 Å². The van der Waals surface area contributed by atoms with Crippen LogP contribution in [0.1, 0.15) is 6.92 Å². The maximum Gasteiger partial charge on any atom is 0.119 e. The highest BCUT2D eigenvalue weighted by atomic mass is 79.9. The predicted molar refractivity (Wildman–Crippen MR) is 92.4 cm³/mol. The number of hydrogen-bond donors (Lipinski definition) is 1. The number of nitrogens with two attached hydrogens (primary N) is 1. The predicted octanol–water partition coefficient (Wildman–Crippen LogP) is 4.60. The van der Waals surface area contributed by atoms with Gasteiger partial charge in [-0.2, -0.15) is 0 Å². The smallest absolute Gasteiger partial charge is 0.119 e. The van der Waals surface area contributed by atoms with E-state index in [1.807, 2.05) is 49.4 Å². The van der Waals surface area contributed by atoms with Crippen molar-refractivity contribution in [3.05, 3.63) is 46.9 Å². The molecular weight excluding hydrogens is 350 g/mol. The second kappa shape index (κ2) is 8.20. The first-order valence-corrected chi connectivity index (χ1v) is 8.50. The Balaban J connectivity index is 1.76. The summed E-state index contributed by atoms with van der Waals surface area (Å²) in [5.41, 5.74) is 6.48. The van der Waals surface area contributed by atoms with Crippen LogP contribution in [0.5, 0.6) is 11.5 Å². The molecule has 0 unspecified atom stereocenters. The van der Waals surface area contributed by atoms with Crippen LogP contribution >= 0.6 is 27.7 Å². The highest BCUT2D eigenvalue weighted by Gasteiger charge is 2.02. The van der Waals surface area contributed by atoms with Crippen molar-refractivity contribution in [1.29, 1.82) is 0 Å². The van der Waals surface area contributed by atoms with Gasteiger partial charge in [-0.15, -0.1) is 11.8 Å². The monoisotopic (exact) mass is 367 g/mol. The van der Waals surface area contributed by atoms with Crippen molar-refractivity contribution in [3.8, 4) is 11.5 Å². The lowest BCUT2D eigenvalue weighted by Gasteiger charge is -2.08. The summed E-state index contributed by atoms with van der Waals surface area (Å²) < 4.78 is 12.1. The Morgan fingerprint density at radius 3 is 2.33 bits per heavy atom. The molecule has 0 aliphatic rings. The number of ether oxygens (including phenoxy) is 2. The zero-order chi connectivity index (χ0) is 15.1. The van der Waals surface area contributed by atoms with E-state index in [-0.39, 0.29) is 0 Å². The first-order chi connectivity index (χ1) is 10.2. The molecular formula is C16H18BrNO2S. The fraction of sp³-hybridized carbons (Fsp3) is 0.250. The van der Waals surface area contributed by atoms with Crippen LogP contribution in [0.15, 0.2) is 51.8 Å². The summed E-state index contributed by atoms with van der Waals surface area (Å²) in [5, 5.41) is 0. The maximum atomic E-state index is 5.72. The number of rotatable bonds is 7. The molecule has 0 saturated heterocycles. The summed E-state index contributed by atoms with van der Waals surface area (Å²) in [5.74, 6) is 2.59. The normalized spacial score (nSPS) is 10.4. The van der Waals surface area contributed by atoms with Gasteiger partial charge < -0.3 is 15.2 Å². The molecule has 2 N–H and O–H groups in total. The summed E-state index contributed by atoms with van der Waals surface area (Å²) >= 11 is 5.25. The van der Waals surface area contributed by atoms with Crippen LogP contribution in [0, 0.1) is 0 Å². The van der Waals surface area contributed by atoms with Crippen molar-refractivity contribution in [2.45, 2.75) is 11.8 Å². The van der Waals surface area contributed by atoms with Gasteiger partial charge in [0, 0.05) is 20.8 Å². The zero-order valence-electron chi connectivity index (χ0n) is 11.8. The molecule has 0 aliphatic heterocycles. The summed E-state index contributed by atoms with van der Waals surface area (Å²) in [4.78, 5) is 1.17. The van der Waals surface area contributed by atoms with E-state index >= 15 is 0 Å². The summed E-state index contributed by atoms with van der Waals surface area (Å²) in [6.07, 6.45) is 0. The van der Waals surface area contributed by atoms with Crippen molar-refractivity contribution in [2.75, 3.05) is 24.7 Å². The molecule has 3 nitrogen and oxygen atoms in total. The lowest BCUT2D eigenvalue weighted by atomic mass is 10.3. The fourth-order valence-corrected chi connectivity index (χ4v) is 3.23. The van der Waals surface area contributed by atoms with E-state index in [1.165, 1.54) is 4.90 Å². The Labute approximate surface area is 138 Å². The van der Waals surface area contributed by atoms with Gasteiger partial charge in [0.1, 0.15) is 11.5 Å². The van der Waals surface area contributed by atoms with Crippen LogP contribution in [0.3, 0.4) is 0 Å². The molecule has 0 amide bonds. The van der Waals surface area contributed by atoms with Gasteiger partial charge in [0.25, 0.3) is 0 Å². The Morgan fingerprint density at radius 1 is 1.05 bits per heavy atom. The molecule has 2 aromatic carbocycles. The Morgan fingerprint density at radius 2 is 1.71 bits per heavy atom. The van der Waals surface area contributed by atoms with Gasteiger partial charge in [0.05, 0.1) is 13.2 Å². The Kier molecular flexibility index (Phi) is 6.26. The molecule has 2 aromatic rings. The third-order valence-electron chi connectivity index (χ3n) is 2.70. The van der Waals surface area contributed by atoms with Crippen LogP contribution < -0.4 is 15.2 Å². The molecule has 0 aromatic heterocycles. The average Bonchev–Trinajstić information content (AvgIpc) is 2.47. The minimum absolute atomic E-state index is 0.648. The van der Waals surface area contributed by atoms with Crippen LogP contribution in [-0.4, -0.2) is 19.0 Å². The van der Waals surface area contributed by atoms with E-state index < -0.39 is 0 Å². The van der Waals surface area contributed by atoms with Crippen molar-refractivity contribution < 1.29 is 9.47 Å². The second-order valence-electron chi connectivity index (χ2n) is 4.29. The molecule has 0 bridgehead atoms. The third-order valence-corrected chi connectivity index (χ3v) is 4.66. The van der Waals surface area contributed by atoms with E-state index in [2.05, 4.69) is 15.9 Å². The van der Waals surface area contributed by atoms with Crippen molar-refractivity contribution in [1.82, 2.24) is 0 Å². The fourth-order valence-electron chi connectivity index (χ4n) is 1.74. The first-order valence-electron chi connectivity index (χ1n) is 6.72. The van der Waals surface area contributed by atoms with Crippen LogP contribution in [-0.2, 0) is 0 Å². The lowest BCUT2D eigenvalue weighted by Crippen LogP contribution is -2.00. The molecule has 5 heteroatoms. The van der Waals surface area contributed by atoms with Gasteiger partial charge in [-0.3, -0.25) is 0 Å². The van der Waals surface area contributed by atoms with E-state index in [1.54, 1.807) is 11.8 Å². The standard InChI is InChI=1S/C16H18BrNO2S/c1-2-19-13-4-6-14(7-5-13)20-9-10-21-16-8-3-12(18)11-15(16)17/h3-8,11H,2,9-10,18H2,1H3. The summed E-state index contributed by atoms with van der Waals surface area (Å²) in [7, 11) is 0. The molecule has 21 heavy (non-hydrogen) atoms. The van der Waals surface area contributed by atoms with Crippen LogP contribution in [0.4, 0.5) is 5.69 Å². The Hall–Kier alpha value is -1.33. The minimum atomic E-state index is 0.648. The molecule has 0 aliphatic carbocycles. The first kappa shape index (κ1) is 16.0. The second-order valence-corrected chi connectivity index (χ2v) is 6.28. The number of anilines is 1. The van der Waals surface area contributed by atoms with Crippen molar-refractivity contribution in [3.63, 3.8) is 0 Å². The minimum Gasteiger partial charge on any atom is -0.494 e. The van der Waals surface area contributed by atoms with Crippen LogP contribution in [0.2, 0.25) is 0 Å². The molecule has 2 rings (SSSR count). The van der Waals surface area contributed by atoms with E-state index in [9.17, 15) is 0 Å². The molecule has 0 fully saturated rings. The van der Waals surface area contributed by atoms with Crippen molar-refractivity contribution >= 4 is 33.4 Å². The quantitative estimate of drug-likeness (QED) is 0.441. The Bertz CT molecular complexity index is 575. The maximum absolute atomic E-state index is 5.72. The van der Waals surface area contributed by atoms with Gasteiger partial charge in [0.2, 0.25) is 0 Å². The van der Waals surface area contributed by atoms with Gasteiger partial charge in [0.15, 0.2) is 0 Å². The molecule has 0 radical (unpaired) electrons. The highest BCUT2D eigenvalue weighted by Crippen LogP contribution is 2.29. The number of thioether (sulfide) groups is 1. The summed E-state index contributed by atoms with van der Waals surface area (Å²) in [6.45, 7) is 3.29. The lowest BCUT2D eigenvalue weighted by molar-refractivity contribution is 0.332. The number of benzene rings is 2. The molecule has 0 saturated carbocycles. The molecule has 0 atom stereocenters. The topological polar surface area (TPSA) is 44.5 Å². The summed E-state index contributed by atoms with van der Waals surface area (Å²) in [6, 6.07) is 13.5. The molecule has 0 heterocycles. The van der Waals surface area contributed by atoms with Gasteiger partial charge >= 0.3 is 0 Å². The van der Waals surface area contributed by atoms with Crippen LogP contribution in [0.25, 0.3) is 0 Å². The number of nitrogen functional groups attached to an aromatic ring is 1. The van der Waals surface area contributed by atoms with Gasteiger partial charge in [-0.25, -0.2) is 0 Å². The van der Waals surface area contributed by atoms with E-state index in [0.717, 1.165) is 27.4 Å². The zero-order valence-corrected chi connectivity index (χ0v) is 14.2. The molecule has 112 valence electrons. The van der Waals surface area contributed by atoms with E-state index in [0.29, 0.717) is 13.2 Å². The molecule has 0 spiro atoms.